The Balaban J connectivity index is 1.36. The van der Waals surface area contributed by atoms with Crippen molar-refractivity contribution >= 4 is 35.0 Å². The number of rotatable bonds is 9. The molecular weight excluding hydrogens is 436 g/mol. The first-order valence-corrected chi connectivity index (χ1v) is 10.4. The topological polar surface area (TPSA) is 129 Å². The molecule has 1 aliphatic rings. The van der Waals surface area contributed by atoms with Gasteiger partial charge in [-0.3, -0.25) is 14.4 Å². The van der Waals surface area contributed by atoms with Crippen LogP contribution in [0.2, 0.25) is 5.02 Å². The van der Waals surface area contributed by atoms with Gasteiger partial charge < -0.3 is 20.5 Å². The summed E-state index contributed by atoms with van der Waals surface area (Å²) in [5.74, 6) is -0.159. The van der Waals surface area contributed by atoms with Crippen molar-refractivity contribution in [2.24, 2.45) is 5.10 Å². The Morgan fingerprint density at radius 1 is 1.06 bits per heavy atom. The molecule has 0 aromatic heterocycles. The number of phenols is 1. The van der Waals surface area contributed by atoms with E-state index in [0.29, 0.717) is 23.6 Å². The Morgan fingerprint density at radius 3 is 2.44 bits per heavy atom. The third-order valence-electron chi connectivity index (χ3n) is 4.60. The van der Waals surface area contributed by atoms with Gasteiger partial charge in [0.1, 0.15) is 11.5 Å². The van der Waals surface area contributed by atoms with Crippen LogP contribution in [0.4, 0.5) is 0 Å². The van der Waals surface area contributed by atoms with Crippen LogP contribution in [0, 0.1) is 0 Å². The van der Waals surface area contributed by atoms with Gasteiger partial charge in [-0.05, 0) is 41.5 Å². The van der Waals surface area contributed by atoms with Crippen LogP contribution in [0.1, 0.15) is 24.0 Å². The summed E-state index contributed by atoms with van der Waals surface area (Å²) in [5, 5.41) is 19.0. The zero-order valence-corrected chi connectivity index (χ0v) is 17.9. The zero-order valence-electron chi connectivity index (χ0n) is 17.2. The number of hydrogen-bond acceptors (Lipinski definition) is 6. The van der Waals surface area contributed by atoms with Crippen molar-refractivity contribution in [2.45, 2.75) is 19.3 Å². The molecule has 0 atom stereocenters. The first kappa shape index (κ1) is 23.1. The van der Waals surface area contributed by atoms with Crippen molar-refractivity contribution in [3.63, 3.8) is 0 Å². The molecule has 32 heavy (non-hydrogen) atoms. The first-order valence-electron chi connectivity index (χ1n) is 10.00. The van der Waals surface area contributed by atoms with Crippen LogP contribution in [0.15, 0.2) is 47.6 Å². The van der Waals surface area contributed by atoms with Gasteiger partial charge in [0, 0.05) is 25.9 Å². The quantitative estimate of drug-likeness (QED) is 0.423. The van der Waals surface area contributed by atoms with Gasteiger partial charge in [-0.25, -0.2) is 5.43 Å². The van der Waals surface area contributed by atoms with Gasteiger partial charge in [0.25, 0.3) is 5.91 Å². The molecule has 4 N–H and O–H groups in total. The zero-order chi connectivity index (χ0) is 22.9. The highest BCUT2D eigenvalue weighted by Gasteiger charge is 2.15. The van der Waals surface area contributed by atoms with Gasteiger partial charge >= 0.3 is 0 Å². The average molecular weight is 459 g/mol. The Hall–Kier alpha value is -3.59. The van der Waals surface area contributed by atoms with Crippen LogP contribution < -0.4 is 20.8 Å². The summed E-state index contributed by atoms with van der Waals surface area (Å²) in [6, 6.07) is 11.5. The Morgan fingerprint density at radius 2 is 1.78 bits per heavy atom. The van der Waals surface area contributed by atoms with Crippen molar-refractivity contribution < 1.29 is 24.2 Å². The summed E-state index contributed by atoms with van der Waals surface area (Å²) in [6.45, 7) is 0.302. The van der Waals surface area contributed by atoms with E-state index in [9.17, 15) is 19.5 Å². The number of hydrogen-bond donors (Lipinski definition) is 4. The molecule has 0 unspecified atom stereocenters. The number of hydrazone groups is 1. The molecule has 0 spiro atoms. The molecule has 168 valence electrons. The molecular formula is C22H23ClN4O5. The molecule has 0 aliphatic carbocycles. The largest absolute Gasteiger partial charge is 0.508 e. The molecule has 0 radical (unpaired) electrons. The third-order valence-corrected chi connectivity index (χ3v) is 4.89. The Labute approximate surface area is 189 Å². The van der Waals surface area contributed by atoms with Crippen molar-refractivity contribution in [1.82, 2.24) is 16.1 Å². The summed E-state index contributed by atoms with van der Waals surface area (Å²) in [5.41, 5.74) is 4.71. The monoisotopic (exact) mass is 458 g/mol. The minimum Gasteiger partial charge on any atom is -0.508 e. The average Bonchev–Trinajstić information content (AvgIpc) is 2.78. The van der Waals surface area contributed by atoms with Crippen molar-refractivity contribution in [1.29, 1.82) is 0 Å². The molecule has 2 aromatic carbocycles. The Kier molecular flexibility index (Phi) is 8.04. The van der Waals surface area contributed by atoms with Crippen LogP contribution in [-0.4, -0.2) is 48.2 Å². The second kappa shape index (κ2) is 11.1. The lowest BCUT2D eigenvalue weighted by Gasteiger charge is -2.14. The highest BCUT2D eigenvalue weighted by Crippen LogP contribution is 2.26. The number of amides is 3. The van der Waals surface area contributed by atoms with E-state index in [1.54, 1.807) is 30.3 Å². The lowest BCUT2D eigenvalue weighted by Crippen LogP contribution is -2.37. The minimum atomic E-state index is -0.350. The van der Waals surface area contributed by atoms with Crippen LogP contribution >= 0.6 is 11.6 Å². The summed E-state index contributed by atoms with van der Waals surface area (Å²) < 4.78 is 5.46. The molecule has 0 bridgehead atoms. The van der Waals surface area contributed by atoms with E-state index in [-0.39, 0.29) is 49.6 Å². The predicted octanol–water partition coefficient (Wildman–Crippen LogP) is 1.51. The lowest BCUT2D eigenvalue weighted by atomic mass is 10.0. The molecule has 1 aliphatic heterocycles. The maximum Gasteiger partial charge on any atom is 0.258 e. The number of ether oxygens (including phenoxy) is 1. The normalized spacial score (nSPS) is 13.0. The molecule has 3 amide bonds. The summed E-state index contributed by atoms with van der Waals surface area (Å²) in [4.78, 5) is 35.1. The fourth-order valence-electron chi connectivity index (χ4n) is 2.94. The maximum atomic E-state index is 12.0. The number of carbonyl (C=O) groups is 3. The number of nitrogens with zero attached hydrogens (tertiary/aromatic N) is 1. The highest BCUT2D eigenvalue weighted by atomic mass is 35.5. The predicted molar refractivity (Wildman–Crippen MR) is 119 cm³/mol. The van der Waals surface area contributed by atoms with Crippen LogP contribution in [-0.2, 0) is 20.8 Å². The smallest absolute Gasteiger partial charge is 0.258 e. The SMILES string of the molecule is O=C(COc1ccc(C2=NNC(=O)CC2)cc1Cl)NCCNC(=O)Cc1ccc(O)cc1. The molecule has 3 rings (SSSR count). The molecule has 0 saturated carbocycles. The van der Waals surface area contributed by atoms with E-state index >= 15 is 0 Å². The van der Waals surface area contributed by atoms with Gasteiger partial charge in [0.2, 0.25) is 11.8 Å². The molecule has 1 heterocycles. The lowest BCUT2D eigenvalue weighted by molar-refractivity contribution is -0.124. The van der Waals surface area contributed by atoms with Gasteiger partial charge in [-0.1, -0.05) is 23.7 Å². The van der Waals surface area contributed by atoms with E-state index in [1.807, 2.05) is 0 Å². The van der Waals surface area contributed by atoms with E-state index < -0.39 is 0 Å². The van der Waals surface area contributed by atoms with Gasteiger partial charge in [-0.2, -0.15) is 5.10 Å². The van der Waals surface area contributed by atoms with E-state index in [0.717, 1.165) is 16.8 Å². The number of aromatic hydroxyl groups is 1. The molecule has 9 nitrogen and oxygen atoms in total. The Bertz CT molecular complexity index is 1020. The second-order valence-electron chi connectivity index (χ2n) is 7.07. The minimum absolute atomic E-state index is 0.122. The molecule has 0 fully saturated rings. The van der Waals surface area contributed by atoms with Crippen LogP contribution in [0.25, 0.3) is 0 Å². The first-order chi connectivity index (χ1) is 15.4. The van der Waals surface area contributed by atoms with Crippen molar-refractivity contribution in [2.75, 3.05) is 19.7 Å². The number of nitrogens with one attached hydrogen (secondary N) is 3. The van der Waals surface area contributed by atoms with Gasteiger partial charge in [0.15, 0.2) is 6.61 Å². The summed E-state index contributed by atoms with van der Waals surface area (Å²) >= 11 is 6.24. The highest BCUT2D eigenvalue weighted by molar-refractivity contribution is 6.32. The maximum absolute atomic E-state index is 12.0. The number of benzene rings is 2. The fourth-order valence-corrected chi connectivity index (χ4v) is 3.17. The standard InChI is InChI=1S/C22H23ClN4O5/c23-17-12-15(18-6-8-20(29)27-26-18)3-7-19(17)32-13-22(31)25-10-9-24-21(30)11-14-1-4-16(28)5-2-14/h1-5,7,12,28H,6,8-11,13H2,(H,24,30)(H,25,31)(H,27,29). The number of phenolic OH excluding ortho intramolecular Hbond substituents is 1. The van der Waals surface area contributed by atoms with Crippen molar-refractivity contribution in [3.8, 4) is 11.5 Å². The van der Waals surface area contributed by atoms with E-state index in [4.69, 9.17) is 16.3 Å². The van der Waals surface area contributed by atoms with Gasteiger partial charge in [-0.15, -0.1) is 0 Å². The molecule has 2 aromatic rings. The number of carbonyl (C=O) groups excluding carboxylic acids is 3. The van der Waals surface area contributed by atoms with Crippen LogP contribution in [0.5, 0.6) is 11.5 Å². The second-order valence-corrected chi connectivity index (χ2v) is 7.48. The molecule has 10 heteroatoms. The summed E-state index contributed by atoms with van der Waals surface area (Å²) in [6.07, 6.45) is 1.08. The van der Waals surface area contributed by atoms with E-state index in [2.05, 4.69) is 21.2 Å². The number of halogens is 1. The fraction of sp³-hybridized carbons (Fsp3) is 0.273. The summed E-state index contributed by atoms with van der Waals surface area (Å²) in [7, 11) is 0. The van der Waals surface area contributed by atoms with E-state index in [1.165, 1.54) is 12.1 Å². The van der Waals surface area contributed by atoms with Crippen molar-refractivity contribution in [3.05, 3.63) is 58.6 Å². The molecule has 0 saturated heterocycles. The third kappa shape index (κ3) is 6.98. The van der Waals surface area contributed by atoms with Crippen LogP contribution in [0.3, 0.4) is 0 Å². The van der Waals surface area contributed by atoms with Gasteiger partial charge in [0.05, 0.1) is 17.2 Å².